The highest BCUT2D eigenvalue weighted by Gasteiger charge is 2.19. The Kier molecular flexibility index (Phi) is 5.64. The number of carbonyl (C=O) groups excluding carboxylic acids is 2. The highest BCUT2D eigenvalue weighted by atomic mass is 35.5. The second-order valence-corrected chi connectivity index (χ2v) is 5.85. The number of hydrogen-bond donors (Lipinski definition) is 1. The van der Waals surface area contributed by atoms with Crippen LogP contribution < -0.4 is 5.32 Å². The number of benzene rings is 2. The summed E-state index contributed by atoms with van der Waals surface area (Å²) in [5.41, 5.74) is 1.78. The van der Waals surface area contributed by atoms with E-state index in [-0.39, 0.29) is 0 Å². The number of rotatable bonds is 4. The standard InChI is InChI=1S/C17H15Cl2NO3/c1-10-3-8-14(9-15(10)19)20-16(21)11(2)23-17(22)12-4-6-13(18)7-5-12/h3-9,11H,1-2H3,(H,20,21). The average molecular weight is 352 g/mol. The Balaban J connectivity index is 1.97. The van der Waals surface area contributed by atoms with Crippen LogP contribution in [0.5, 0.6) is 0 Å². The van der Waals surface area contributed by atoms with Gasteiger partial charge in [-0.25, -0.2) is 4.79 Å². The van der Waals surface area contributed by atoms with Crippen molar-refractivity contribution in [1.29, 1.82) is 0 Å². The van der Waals surface area contributed by atoms with Gasteiger partial charge in [0.05, 0.1) is 5.56 Å². The summed E-state index contributed by atoms with van der Waals surface area (Å²) in [4.78, 5) is 24.0. The van der Waals surface area contributed by atoms with E-state index in [0.29, 0.717) is 21.3 Å². The van der Waals surface area contributed by atoms with Gasteiger partial charge in [-0.15, -0.1) is 0 Å². The maximum absolute atomic E-state index is 12.1. The number of amides is 1. The molecule has 0 heterocycles. The number of nitrogens with one attached hydrogen (secondary N) is 1. The zero-order chi connectivity index (χ0) is 17.0. The first-order valence-electron chi connectivity index (χ1n) is 6.90. The fourth-order valence-electron chi connectivity index (χ4n) is 1.78. The van der Waals surface area contributed by atoms with E-state index in [2.05, 4.69) is 5.32 Å². The van der Waals surface area contributed by atoms with Crippen LogP contribution in [0, 0.1) is 6.92 Å². The molecule has 6 heteroatoms. The Morgan fingerprint density at radius 3 is 2.35 bits per heavy atom. The van der Waals surface area contributed by atoms with E-state index in [1.165, 1.54) is 19.1 Å². The van der Waals surface area contributed by atoms with E-state index in [9.17, 15) is 9.59 Å². The van der Waals surface area contributed by atoms with Crippen LogP contribution in [0.4, 0.5) is 5.69 Å². The lowest BCUT2D eigenvalue weighted by molar-refractivity contribution is -0.123. The van der Waals surface area contributed by atoms with Gasteiger partial charge in [0.2, 0.25) is 0 Å². The molecule has 2 rings (SSSR count). The first-order valence-corrected chi connectivity index (χ1v) is 7.66. The van der Waals surface area contributed by atoms with Crippen LogP contribution in [0.2, 0.25) is 10.0 Å². The molecule has 4 nitrogen and oxygen atoms in total. The predicted molar refractivity (Wildman–Crippen MR) is 91.1 cm³/mol. The third-order valence-electron chi connectivity index (χ3n) is 3.17. The van der Waals surface area contributed by atoms with Crippen molar-refractivity contribution >= 4 is 40.8 Å². The minimum absolute atomic E-state index is 0.326. The molecule has 0 bridgehead atoms. The van der Waals surface area contributed by atoms with Crippen LogP contribution in [0.15, 0.2) is 42.5 Å². The molecule has 0 spiro atoms. The predicted octanol–water partition coefficient (Wildman–Crippen LogP) is 4.49. The van der Waals surface area contributed by atoms with Gasteiger partial charge in [-0.2, -0.15) is 0 Å². The van der Waals surface area contributed by atoms with Crippen LogP contribution in [0.1, 0.15) is 22.8 Å². The first kappa shape index (κ1) is 17.3. The number of halogens is 2. The fraction of sp³-hybridized carbons (Fsp3) is 0.176. The van der Waals surface area contributed by atoms with Gasteiger partial charge >= 0.3 is 5.97 Å². The monoisotopic (exact) mass is 351 g/mol. The van der Waals surface area contributed by atoms with Crippen LogP contribution in [-0.4, -0.2) is 18.0 Å². The summed E-state index contributed by atoms with van der Waals surface area (Å²) in [6, 6.07) is 11.4. The molecule has 0 saturated carbocycles. The molecule has 1 N–H and O–H groups in total. The summed E-state index contributed by atoms with van der Waals surface area (Å²) in [6.07, 6.45) is -0.946. The number of aryl methyl sites for hydroxylation is 1. The SMILES string of the molecule is Cc1ccc(NC(=O)C(C)OC(=O)c2ccc(Cl)cc2)cc1Cl. The second kappa shape index (κ2) is 7.49. The van der Waals surface area contributed by atoms with Gasteiger partial charge < -0.3 is 10.1 Å². The number of ether oxygens (including phenoxy) is 1. The molecule has 0 radical (unpaired) electrons. The molecule has 0 saturated heterocycles. The Morgan fingerprint density at radius 1 is 1.09 bits per heavy atom. The minimum atomic E-state index is -0.946. The smallest absolute Gasteiger partial charge is 0.338 e. The third kappa shape index (κ3) is 4.71. The minimum Gasteiger partial charge on any atom is -0.449 e. The largest absolute Gasteiger partial charge is 0.449 e. The number of carbonyl (C=O) groups is 2. The molecule has 0 aliphatic carbocycles. The maximum Gasteiger partial charge on any atom is 0.338 e. The third-order valence-corrected chi connectivity index (χ3v) is 3.83. The topological polar surface area (TPSA) is 55.4 Å². The molecule has 120 valence electrons. The molecule has 2 aromatic rings. The molecule has 2 aromatic carbocycles. The van der Waals surface area contributed by atoms with Gasteiger partial charge in [0.15, 0.2) is 6.10 Å². The molecule has 0 aliphatic heterocycles. The normalized spacial score (nSPS) is 11.7. The van der Waals surface area contributed by atoms with Gasteiger partial charge in [0.25, 0.3) is 5.91 Å². The van der Waals surface area contributed by atoms with Gasteiger partial charge in [0.1, 0.15) is 0 Å². The number of hydrogen-bond acceptors (Lipinski definition) is 3. The van der Waals surface area contributed by atoms with E-state index in [0.717, 1.165) is 5.56 Å². The van der Waals surface area contributed by atoms with E-state index in [1.807, 2.05) is 6.92 Å². The number of esters is 1. The first-order chi connectivity index (χ1) is 10.9. The Morgan fingerprint density at radius 2 is 1.74 bits per heavy atom. The van der Waals surface area contributed by atoms with Gasteiger partial charge in [-0.3, -0.25) is 4.79 Å². The summed E-state index contributed by atoms with van der Waals surface area (Å²) in [6.45, 7) is 3.36. The van der Waals surface area contributed by atoms with Gasteiger partial charge in [0, 0.05) is 15.7 Å². The quantitative estimate of drug-likeness (QED) is 0.825. The van der Waals surface area contributed by atoms with Crippen molar-refractivity contribution in [2.24, 2.45) is 0 Å². The van der Waals surface area contributed by atoms with Crippen molar-refractivity contribution in [2.45, 2.75) is 20.0 Å². The van der Waals surface area contributed by atoms with Crippen LogP contribution in [0.3, 0.4) is 0 Å². The van der Waals surface area contributed by atoms with Crippen LogP contribution in [-0.2, 0) is 9.53 Å². The Hall–Kier alpha value is -2.04. The molecular weight excluding hydrogens is 337 g/mol. The summed E-state index contributed by atoms with van der Waals surface area (Å²) < 4.78 is 5.14. The lowest BCUT2D eigenvalue weighted by Gasteiger charge is -2.14. The van der Waals surface area contributed by atoms with E-state index < -0.39 is 18.0 Å². The lowest BCUT2D eigenvalue weighted by atomic mass is 10.2. The van der Waals surface area contributed by atoms with Crippen molar-refractivity contribution < 1.29 is 14.3 Å². The maximum atomic E-state index is 12.1. The van der Waals surface area contributed by atoms with Crippen molar-refractivity contribution in [3.05, 3.63) is 63.6 Å². The zero-order valence-corrected chi connectivity index (χ0v) is 14.1. The van der Waals surface area contributed by atoms with Crippen LogP contribution in [0.25, 0.3) is 0 Å². The van der Waals surface area contributed by atoms with Crippen molar-refractivity contribution in [2.75, 3.05) is 5.32 Å². The molecule has 1 atom stereocenters. The summed E-state index contributed by atoms with van der Waals surface area (Å²) in [7, 11) is 0. The number of anilines is 1. The molecule has 1 unspecified atom stereocenters. The van der Waals surface area contributed by atoms with Crippen molar-refractivity contribution in [3.63, 3.8) is 0 Å². The van der Waals surface area contributed by atoms with Gasteiger partial charge in [-0.1, -0.05) is 29.3 Å². The van der Waals surface area contributed by atoms with Crippen molar-refractivity contribution in [3.8, 4) is 0 Å². The highest BCUT2D eigenvalue weighted by molar-refractivity contribution is 6.31. The fourth-order valence-corrected chi connectivity index (χ4v) is 2.09. The highest BCUT2D eigenvalue weighted by Crippen LogP contribution is 2.20. The Bertz CT molecular complexity index is 729. The van der Waals surface area contributed by atoms with E-state index in [1.54, 1.807) is 30.3 Å². The molecule has 0 aliphatic rings. The molecule has 0 aromatic heterocycles. The second-order valence-electron chi connectivity index (χ2n) is 5.01. The molecule has 0 fully saturated rings. The Labute approximate surface area is 144 Å². The molecule has 23 heavy (non-hydrogen) atoms. The van der Waals surface area contributed by atoms with Gasteiger partial charge in [-0.05, 0) is 55.8 Å². The molecular formula is C17H15Cl2NO3. The molecule has 1 amide bonds. The average Bonchev–Trinajstić information content (AvgIpc) is 2.51. The lowest BCUT2D eigenvalue weighted by Crippen LogP contribution is -2.30. The van der Waals surface area contributed by atoms with E-state index >= 15 is 0 Å². The zero-order valence-electron chi connectivity index (χ0n) is 12.6. The summed E-state index contributed by atoms with van der Waals surface area (Å²) in [5.74, 6) is -1.03. The summed E-state index contributed by atoms with van der Waals surface area (Å²) in [5, 5.41) is 3.72. The summed E-state index contributed by atoms with van der Waals surface area (Å²) >= 11 is 11.8. The van der Waals surface area contributed by atoms with Crippen molar-refractivity contribution in [1.82, 2.24) is 0 Å². The van der Waals surface area contributed by atoms with E-state index in [4.69, 9.17) is 27.9 Å². The van der Waals surface area contributed by atoms with Crippen LogP contribution >= 0.6 is 23.2 Å².